The zero-order chi connectivity index (χ0) is 21.5. The standard InChI is InChI=1S/C20H17F3N4O3/c1-11(28)30-27-18-4-2-3-16(15(18)10-24-27)25-19(29)26-17-8-5-12-9-13(20(21,22)23)6-7-14(12)17/h2-4,6-7,9-10,17H,5,8H2,1H3,(H2,25,26,29). The molecule has 1 aliphatic rings. The molecule has 7 nitrogen and oxygen atoms in total. The van der Waals surface area contributed by atoms with Crippen molar-refractivity contribution in [3.63, 3.8) is 0 Å². The van der Waals surface area contributed by atoms with Crippen LogP contribution in [0.5, 0.6) is 0 Å². The molecule has 2 aromatic carbocycles. The van der Waals surface area contributed by atoms with Gasteiger partial charge in [0.25, 0.3) is 0 Å². The maximum Gasteiger partial charge on any atom is 0.416 e. The molecule has 3 aromatic rings. The molecular formula is C20H17F3N4O3. The van der Waals surface area contributed by atoms with Gasteiger partial charge in [0.1, 0.15) is 5.52 Å². The number of halogens is 3. The highest BCUT2D eigenvalue weighted by molar-refractivity contribution is 6.00. The first kappa shape index (κ1) is 19.7. The van der Waals surface area contributed by atoms with Crippen molar-refractivity contribution in [2.45, 2.75) is 32.0 Å². The SMILES string of the molecule is CC(=O)On1ncc2c(NC(=O)NC3CCc4cc(C(F)(F)F)ccc43)cccc21. The average molecular weight is 418 g/mol. The highest BCUT2D eigenvalue weighted by Gasteiger charge is 2.33. The second-order valence-electron chi connectivity index (χ2n) is 6.94. The number of urea groups is 1. The number of carbonyl (C=O) groups is 2. The third kappa shape index (κ3) is 3.80. The second kappa shape index (κ2) is 7.36. The highest BCUT2D eigenvalue weighted by Crippen LogP contribution is 2.36. The van der Waals surface area contributed by atoms with E-state index in [-0.39, 0.29) is 6.04 Å². The fourth-order valence-corrected chi connectivity index (χ4v) is 3.59. The summed E-state index contributed by atoms with van der Waals surface area (Å²) >= 11 is 0. The predicted molar refractivity (Wildman–Crippen MR) is 102 cm³/mol. The van der Waals surface area contributed by atoms with Crippen LogP contribution < -0.4 is 15.5 Å². The van der Waals surface area contributed by atoms with Gasteiger partial charge in [-0.25, -0.2) is 9.59 Å². The van der Waals surface area contributed by atoms with E-state index in [1.165, 1.54) is 19.2 Å². The van der Waals surface area contributed by atoms with E-state index >= 15 is 0 Å². The van der Waals surface area contributed by atoms with Gasteiger partial charge in [-0.2, -0.15) is 13.2 Å². The molecule has 0 fully saturated rings. The molecule has 1 aromatic heterocycles. The lowest BCUT2D eigenvalue weighted by molar-refractivity contribution is -0.142. The fraction of sp³-hybridized carbons (Fsp3) is 0.250. The van der Waals surface area contributed by atoms with Gasteiger partial charge in [0, 0.05) is 12.3 Å². The molecule has 2 N–H and O–H groups in total. The molecule has 1 unspecified atom stereocenters. The van der Waals surface area contributed by atoms with Crippen LogP contribution in [-0.4, -0.2) is 21.9 Å². The lowest BCUT2D eigenvalue weighted by Crippen LogP contribution is -2.31. The van der Waals surface area contributed by atoms with E-state index < -0.39 is 23.7 Å². The van der Waals surface area contributed by atoms with Crippen molar-refractivity contribution in [2.75, 3.05) is 5.32 Å². The number of carbonyl (C=O) groups excluding carboxylic acids is 2. The Kier molecular flexibility index (Phi) is 4.84. The lowest BCUT2D eigenvalue weighted by Gasteiger charge is -2.16. The molecule has 1 atom stereocenters. The summed E-state index contributed by atoms with van der Waals surface area (Å²) in [6, 6.07) is 7.72. The number of nitrogens with zero attached hydrogens (tertiary/aromatic N) is 2. The summed E-state index contributed by atoms with van der Waals surface area (Å²) in [5.74, 6) is -0.537. The number of benzene rings is 2. The molecule has 4 rings (SSSR count). The van der Waals surface area contributed by atoms with E-state index in [9.17, 15) is 22.8 Å². The van der Waals surface area contributed by atoms with Gasteiger partial charge in [0.15, 0.2) is 0 Å². The fourth-order valence-electron chi connectivity index (χ4n) is 3.59. The van der Waals surface area contributed by atoms with E-state index in [2.05, 4.69) is 15.7 Å². The van der Waals surface area contributed by atoms with Crippen LogP contribution in [-0.2, 0) is 17.4 Å². The Morgan fingerprint density at radius 2 is 2.03 bits per heavy atom. The number of aromatic nitrogens is 2. The zero-order valence-electron chi connectivity index (χ0n) is 15.8. The molecule has 156 valence electrons. The maximum absolute atomic E-state index is 12.9. The third-order valence-electron chi connectivity index (χ3n) is 4.90. The van der Waals surface area contributed by atoms with Crippen molar-refractivity contribution >= 4 is 28.6 Å². The van der Waals surface area contributed by atoms with Crippen LogP contribution >= 0.6 is 0 Å². The molecule has 1 heterocycles. The number of aryl methyl sites for hydroxylation is 1. The number of hydrogen-bond donors (Lipinski definition) is 2. The first-order valence-electron chi connectivity index (χ1n) is 9.15. The van der Waals surface area contributed by atoms with Gasteiger partial charge < -0.3 is 15.5 Å². The summed E-state index contributed by atoms with van der Waals surface area (Å²) in [5, 5.41) is 10.1. The summed E-state index contributed by atoms with van der Waals surface area (Å²) in [4.78, 5) is 29.7. The number of hydrogen-bond acceptors (Lipinski definition) is 4. The number of fused-ring (bicyclic) bond motifs is 2. The minimum Gasteiger partial charge on any atom is -0.331 e. The molecule has 2 amide bonds. The highest BCUT2D eigenvalue weighted by atomic mass is 19.4. The van der Waals surface area contributed by atoms with E-state index in [0.717, 1.165) is 17.0 Å². The Morgan fingerprint density at radius 3 is 2.77 bits per heavy atom. The van der Waals surface area contributed by atoms with Crippen LogP contribution in [0.3, 0.4) is 0 Å². The third-order valence-corrected chi connectivity index (χ3v) is 4.90. The van der Waals surface area contributed by atoms with Gasteiger partial charge in [0.2, 0.25) is 0 Å². The van der Waals surface area contributed by atoms with Gasteiger partial charge in [-0.3, -0.25) is 0 Å². The second-order valence-corrected chi connectivity index (χ2v) is 6.94. The van der Waals surface area contributed by atoms with E-state index in [1.807, 2.05) is 0 Å². The Labute approximate surface area is 168 Å². The molecule has 30 heavy (non-hydrogen) atoms. The van der Waals surface area contributed by atoms with Crippen LogP contribution in [0, 0.1) is 0 Å². The molecule has 1 aliphatic carbocycles. The minimum atomic E-state index is -4.40. The molecule has 0 saturated heterocycles. The number of amides is 2. The quantitative estimate of drug-likeness (QED) is 0.677. The number of nitrogens with one attached hydrogen (secondary N) is 2. The number of alkyl halides is 3. The van der Waals surface area contributed by atoms with E-state index in [1.54, 1.807) is 18.2 Å². The Bertz CT molecular complexity index is 1140. The number of anilines is 1. The van der Waals surface area contributed by atoms with Crippen LogP contribution in [0.15, 0.2) is 42.6 Å². The largest absolute Gasteiger partial charge is 0.416 e. The van der Waals surface area contributed by atoms with Gasteiger partial charge in [-0.15, -0.1) is 5.10 Å². The van der Waals surface area contributed by atoms with Crippen molar-refractivity contribution in [1.82, 2.24) is 15.3 Å². The van der Waals surface area contributed by atoms with Crippen molar-refractivity contribution in [2.24, 2.45) is 0 Å². The van der Waals surface area contributed by atoms with Gasteiger partial charge in [0.05, 0.1) is 23.5 Å². The van der Waals surface area contributed by atoms with Gasteiger partial charge in [-0.05, 0) is 48.2 Å². The van der Waals surface area contributed by atoms with Gasteiger partial charge >= 0.3 is 18.2 Å². The molecular weight excluding hydrogens is 401 g/mol. The van der Waals surface area contributed by atoms with Crippen LogP contribution in [0.4, 0.5) is 23.7 Å². The summed E-state index contributed by atoms with van der Waals surface area (Å²) < 4.78 is 38.7. The van der Waals surface area contributed by atoms with Crippen molar-refractivity contribution in [3.05, 3.63) is 59.3 Å². The Morgan fingerprint density at radius 1 is 1.23 bits per heavy atom. The van der Waals surface area contributed by atoms with Crippen molar-refractivity contribution < 1.29 is 27.6 Å². The summed E-state index contributed by atoms with van der Waals surface area (Å²) in [7, 11) is 0. The lowest BCUT2D eigenvalue weighted by atomic mass is 10.0. The first-order chi connectivity index (χ1) is 14.2. The smallest absolute Gasteiger partial charge is 0.331 e. The zero-order valence-corrected chi connectivity index (χ0v) is 15.8. The molecule has 0 saturated carbocycles. The molecule has 0 radical (unpaired) electrons. The monoisotopic (exact) mass is 418 g/mol. The molecule has 0 bridgehead atoms. The minimum absolute atomic E-state index is 0.384. The molecule has 0 spiro atoms. The Balaban J connectivity index is 1.49. The average Bonchev–Trinajstić information content (AvgIpc) is 3.25. The molecule has 10 heteroatoms. The van der Waals surface area contributed by atoms with Crippen molar-refractivity contribution in [3.8, 4) is 0 Å². The van der Waals surface area contributed by atoms with E-state index in [4.69, 9.17) is 4.84 Å². The van der Waals surface area contributed by atoms with E-state index in [0.29, 0.717) is 40.6 Å². The van der Waals surface area contributed by atoms with Crippen LogP contribution in [0.2, 0.25) is 0 Å². The number of rotatable bonds is 3. The summed E-state index contributed by atoms with van der Waals surface area (Å²) in [6.45, 7) is 1.25. The normalized spacial score (nSPS) is 15.7. The van der Waals surface area contributed by atoms with Gasteiger partial charge in [-0.1, -0.05) is 17.0 Å². The predicted octanol–water partition coefficient (Wildman–Crippen LogP) is 3.84. The summed E-state index contributed by atoms with van der Waals surface area (Å²) in [6.07, 6.45) is -1.97. The van der Waals surface area contributed by atoms with Crippen LogP contribution in [0.1, 0.15) is 36.1 Å². The Hall–Kier alpha value is -3.56. The molecule has 0 aliphatic heterocycles. The topological polar surface area (TPSA) is 85.2 Å². The summed E-state index contributed by atoms with van der Waals surface area (Å²) in [5.41, 5.74) is 1.52. The van der Waals surface area contributed by atoms with Crippen LogP contribution in [0.25, 0.3) is 10.9 Å². The van der Waals surface area contributed by atoms with Crippen molar-refractivity contribution in [1.29, 1.82) is 0 Å². The maximum atomic E-state index is 12.9. The first-order valence-corrected chi connectivity index (χ1v) is 9.15.